The first-order chi connectivity index (χ1) is 17.9. The normalized spacial score (nSPS) is 15.8. The Labute approximate surface area is 223 Å². The molecule has 1 N–H and O–H groups in total. The number of benzene rings is 2. The summed E-state index contributed by atoms with van der Waals surface area (Å²) in [6, 6.07) is 9.99. The van der Waals surface area contributed by atoms with E-state index in [0.717, 1.165) is 31.2 Å². The first-order valence-electron chi connectivity index (χ1n) is 12.8. The number of nitrogens with one attached hydrogen (secondary N) is 1. The monoisotopic (exact) mass is 530 g/mol. The predicted octanol–water partition coefficient (Wildman–Crippen LogP) is 4.97. The van der Waals surface area contributed by atoms with Gasteiger partial charge < -0.3 is 29.2 Å². The SMILES string of the molecule is COc1cc([C@H](C(=O)NC2CCCCC2)N(Cc2ccc3c(c2)OCO3)C(=O)CCl)ccc1OC(C)C. The van der Waals surface area contributed by atoms with Gasteiger partial charge in [-0.15, -0.1) is 11.6 Å². The number of alkyl halides is 1. The molecule has 8 nitrogen and oxygen atoms in total. The van der Waals surface area contributed by atoms with Crippen LogP contribution in [0.25, 0.3) is 0 Å². The van der Waals surface area contributed by atoms with E-state index in [0.29, 0.717) is 28.6 Å². The number of carbonyl (C=O) groups excluding carboxylic acids is 2. The molecule has 0 spiro atoms. The van der Waals surface area contributed by atoms with Gasteiger partial charge in [0.2, 0.25) is 18.6 Å². The van der Waals surface area contributed by atoms with Crippen LogP contribution in [0.5, 0.6) is 23.0 Å². The van der Waals surface area contributed by atoms with Crippen LogP contribution < -0.4 is 24.3 Å². The minimum absolute atomic E-state index is 0.0505. The Morgan fingerprint density at radius 1 is 1.05 bits per heavy atom. The highest BCUT2D eigenvalue weighted by Gasteiger charge is 2.33. The van der Waals surface area contributed by atoms with E-state index in [4.69, 9.17) is 30.5 Å². The number of fused-ring (bicyclic) bond motifs is 1. The maximum atomic E-state index is 13.8. The van der Waals surface area contributed by atoms with Crippen LogP contribution in [0.3, 0.4) is 0 Å². The van der Waals surface area contributed by atoms with Crippen molar-refractivity contribution in [1.29, 1.82) is 0 Å². The van der Waals surface area contributed by atoms with Gasteiger partial charge in [-0.05, 0) is 62.1 Å². The summed E-state index contributed by atoms with van der Waals surface area (Å²) in [6.45, 7) is 4.18. The number of hydrogen-bond donors (Lipinski definition) is 1. The Morgan fingerprint density at radius 2 is 1.81 bits per heavy atom. The van der Waals surface area contributed by atoms with E-state index in [2.05, 4.69) is 5.32 Å². The van der Waals surface area contributed by atoms with Crippen LogP contribution in [0.4, 0.5) is 0 Å². The third-order valence-electron chi connectivity index (χ3n) is 6.60. The summed E-state index contributed by atoms with van der Waals surface area (Å²) in [6.07, 6.45) is 5.12. The molecule has 2 aromatic rings. The van der Waals surface area contributed by atoms with Gasteiger partial charge in [0.1, 0.15) is 11.9 Å². The summed E-state index contributed by atoms with van der Waals surface area (Å²) in [5.74, 6) is 1.45. The predicted molar refractivity (Wildman–Crippen MR) is 140 cm³/mol. The average Bonchev–Trinajstić information content (AvgIpc) is 3.37. The minimum atomic E-state index is -0.916. The van der Waals surface area contributed by atoms with Crippen LogP contribution in [0.1, 0.15) is 63.1 Å². The molecule has 1 aliphatic carbocycles. The van der Waals surface area contributed by atoms with E-state index >= 15 is 0 Å². The molecule has 1 heterocycles. The van der Waals surface area contributed by atoms with Crippen LogP contribution in [0.15, 0.2) is 36.4 Å². The highest BCUT2D eigenvalue weighted by atomic mass is 35.5. The maximum Gasteiger partial charge on any atom is 0.247 e. The van der Waals surface area contributed by atoms with Crippen LogP contribution in [-0.2, 0) is 16.1 Å². The van der Waals surface area contributed by atoms with Gasteiger partial charge in [-0.2, -0.15) is 0 Å². The Hall–Kier alpha value is -3.13. The fraction of sp³-hybridized carbons (Fsp3) is 0.500. The van der Waals surface area contributed by atoms with Crippen molar-refractivity contribution >= 4 is 23.4 Å². The van der Waals surface area contributed by atoms with Gasteiger partial charge in [-0.25, -0.2) is 0 Å². The molecule has 200 valence electrons. The number of carbonyl (C=O) groups is 2. The van der Waals surface area contributed by atoms with E-state index in [-0.39, 0.29) is 43.2 Å². The smallest absolute Gasteiger partial charge is 0.247 e. The van der Waals surface area contributed by atoms with Gasteiger partial charge in [0.25, 0.3) is 0 Å². The molecule has 0 radical (unpaired) electrons. The maximum absolute atomic E-state index is 13.8. The number of ether oxygens (including phenoxy) is 4. The van der Waals surface area contributed by atoms with Crippen LogP contribution in [0.2, 0.25) is 0 Å². The summed E-state index contributed by atoms with van der Waals surface area (Å²) in [5, 5.41) is 3.20. The fourth-order valence-corrected chi connectivity index (χ4v) is 5.00. The standard InChI is InChI=1S/C28H35ClN2O6/c1-18(2)37-23-12-10-20(14-24(23)34-3)27(28(33)30-21-7-5-4-6-8-21)31(26(32)15-29)16-19-9-11-22-25(13-19)36-17-35-22/h9-14,18,21,27H,4-8,15-17H2,1-3H3,(H,30,33)/t27-/m1/s1. The summed E-state index contributed by atoms with van der Waals surface area (Å²) < 4.78 is 22.4. The Bertz CT molecular complexity index is 1100. The number of nitrogens with zero attached hydrogens (tertiary/aromatic N) is 1. The van der Waals surface area contributed by atoms with Crippen LogP contribution in [-0.4, -0.2) is 48.6 Å². The second-order valence-corrected chi connectivity index (χ2v) is 9.93. The lowest BCUT2D eigenvalue weighted by molar-refractivity contribution is -0.140. The zero-order valence-electron chi connectivity index (χ0n) is 21.6. The molecule has 2 aromatic carbocycles. The molecular formula is C28H35ClN2O6. The van der Waals surface area contributed by atoms with E-state index in [9.17, 15) is 9.59 Å². The lowest BCUT2D eigenvalue weighted by Crippen LogP contribution is -2.47. The highest BCUT2D eigenvalue weighted by molar-refractivity contribution is 6.27. The molecule has 1 saturated carbocycles. The van der Waals surface area contributed by atoms with E-state index < -0.39 is 6.04 Å². The molecule has 2 aliphatic rings. The summed E-state index contributed by atoms with van der Waals surface area (Å²) in [5.41, 5.74) is 1.41. The van der Waals surface area contributed by atoms with E-state index in [1.54, 1.807) is 31.4 Å². The molecule has 1 aliphatic heterocycles. The van der Waals surface area contributed by atoms with Gasteiger partial charge in [0.05, 0.1) is 13.2 Å². The molecule has 2 amide bonds. The van der Waals surface area contributed by atoms with Crippen molar-refractivity contribution in [2.75, 3.05) is 19.8 Å². The third kappa shape index (κ3) is 6.60. The molecule has 1 fully saturated rings. The lowest BCUT2D eigenvalue weighted by Gasteiger charge is -2.33. The van der Waals surface area contributed by atoms with Gasteiger partial charge in [-0.1, -0.05) is 31.4 Å². The van der Waals surface area contributed by atoms with Crippen molar-refractivity contribution in [3.05, 3.63) is 47.5 Å². The summed E-state index contributed by atoms with van der Waals surface area (Å²) >= 11 is 6.06. The quantitative estimate of drug-likeness (QED) is 0.436. The second kappa shape index (κ2) is 12.4. The summed E-state index contributed by atoms with van der Waals surface area (Å²) in [4.78, 5) is 28.6. The van der Waals surface area contributed by atoms with E-state index in [1.807, 2.05) is 26.0 Å². The second-order valence-electron chi connectivity index (χ2n) is 9.67. The zero-order valence-corrected chi connectivity index (χ0v) is 22.4. The number of methoxy groups -OCH3 is 1. The molecule has 37 heavy (non-hydrogen) atoms. The molecule has 0 bridgehead atoms. The number of amides is 2. The molecule has 0 aromatic heterocycles. The van der Waals surface area contributed by atoms with Crippen molar-refractivity contribution in [2.45, 2.75) is 70.7 Å². The average molecular weight is 531 g/mol. The molecule has 9 heteroatoms. The van der Waals surface area contributed by atoms with Crippen molar-refractivity contribution in [3.8, 4) is 23.0 Å². The minimum Gasteiger partial charge on any atom is -0.493 e. The van der Waals surface area contributed by atoms with Crippen molar-refractivity contribution in [2.24, 2.45) is 0 Å². The van der Waals surface area contributed by atoms with Crippen molar-refractivity contribution < 1.29 is 28.5 Å². The molecule has 1 atom stereocenters. The van der Waals surface area contributed by atoms with Gasteiger partial charge in [0.15, 0.2) is 23.0 Å². The lowest BCUT2D eigenvalue weighted by atomic mass is 9.94. The van der Waals surface area contributed by atoms with Crippen LogP contribution in [0, 0.1) is 0 Å². The van der Waals surface area contributed by atoms with Gasteiger partial charge in [-0.3, -0.25) is 9.59 Å². The Morgan fingerprint density at radius 3 is 2.51 bits per heavy atom. The van der Waals surface area contributed by atoms with Crippen molar-refractivity contribution in [3.63, 3.8) is 0 Å². The number of rotatable bonds is 10. The van der Waals surface area contributed by atoms with Gasteiger partial charge in [0, 0.05) is 12.6 Å². The number of hydrogen-bond acceptors (Lipinski definition) is 6. The van der Waals surface area contributed by atoms with Crippen LogP contribution >= 0.6 is 11.6 Å². The first kappa shape index (κ1) is 26.9. The Kier molecular flexibility index (Phi) is 9.03. The number of halogens is 1. The fourth-order valence-electron chi connectivity index (χ4n) is 4.84. The Balaban J connectivity index is 1.71. The molecule has 0 unspecified atom stereocenters. The van der Waals surface area contributed by atoms with Gasteiger partial charge >= 0.3 is 0 Å². The van der Waals surface area contributed by atoms with Crippen molar-refractivity contribution in [1.82, 2.24) is 10.2 Å². The molecular weight excluding hydrogens is 496 g/mol. The zero-order chi connectivity index (χ0) is 26.4. The molecule has 0 saturated heterocycles. The summed E-state index contributed by atoms with van der Waals surface area (Å²) in [7, 11) is 1.55. The third-order valence-corrected chi connectivity index (χ3v) is 6.83. The first-order valence-corrected chi connectivity index (χ1v) is 13.3. The highest BCUT2D eigenvalue weighted by Crippen LogP contribution is 2.36. The van der Waals surface area contributed by atoms with E-state index in [1.165, 1.54) is 11.3 Å². The topological polar surface area (TPSA) is 86.3 Å². The molecule has 4 rings (SSSR count). The largest absolute Gasteiger partial charge is 0.493 e.